The van der Waals surface area contributed by atoms with Gasteiger partial charge in [-0.2, -0.15) is 0 Å². The van der Waals surface area contributed by atoms with E-state index in [9.17, 15) is 0 Å². The quantitative estimate of drug-likeness (QED) is 0.233. The van der Waals surface area contributed by atoms with Gasteiger partial charge >= 0.3 is 8.80 Å². The van der Waals surface area contributed by atoms with E-state index in [0.717, 1.165) is 45.1 Å². The summed E-state index contributed by atoms with van der Waals surface area (Å²) in [6.07, 6.45) is 10.4. The molecule has 1 rings (SSSR count). The first kappa shape index (κ1) is 23.4. The Hall–Kier alpha value is -0.683. The topological polar surface area (TPSA) is 27.7 Å². The maximum absolute atomic E-state index is 6.39. The van der Waals surface area contributed by atoms with Crippen molar-refractivity contribution in [2.24, 2.45) is 0 Å². The van der Waals surface area contributed by atoms with Crippen molar-refractivity contribution in [3.05, 3.63) is 35.9 Å². The molecule has 1 aromatic carbocycles. The molecular formula is C22H40O3Si. The lowest BCUT2D eigenvalue weighted by molar-refractivity contribution is 0.0545. The molecule has 0 N–H and O–H groups in total. The molecule has 0 fully saturated rings. The van der Waals surface area contributed by atoms with Gasteiger partial charge in [-0.25, -0.2) is 0 Å². The molecule has 0 atom stereocenters. The summed E-state index contributed by atoms with van der Waals surface area (Å²) in [5.41, 5.74) is 1.25. The Bertz CT molecular complexity index is 393. The Morgan fingerprint density at radius 3 is 1.42 bits per heavy atom. The van der Waals surface area contributed by atoms with Crippen LogP contribution in [0.3, 0.4) is 0 Å². The van der Waals surface area contributed by atoms with Crippen molar-refractivity contribution in [2.45, 2.75) is 84.6 Å². The van der Waals surface area contributed by atoms with Crippen LogP contribution in [0.2, 0.25) is 0 Å². The smallest absolute Gasteiger partial charge is 0.373 e. The predicted octanol–water partition coefficient (Wildman–Crippen LogP) is 6.33. The summed E-state index contributed by atoms with van der Waals surface area (Å²) in [6.45, 7) is 8.89. The second-order valence-electron chi connectivity index (χ2n) is 7.01. The maximum Gasteiger partial charge on any atom is 0.505 e. The molecule has 0 aromatic heterocycles. The van der Waals surface area contributed by atoms with Gasteiger partial charge in [-0.1, -0.05) is 89.6 Å². The highest BCUT2D eigenvalue weighted by Crippen LogP contribution is 2.19. The van der Waals surface area contributed by atoms with Crippen LogP contribution in [0.15, 0.2) is 30.3 Å². The summed E-state index contributed by atoms with van der Waals surface area (Å²) in [5, 5.41) is 0. The fraction of sp³-hybridized carbons (Fsp3) is 0.727. The fourth-order valence-corrected chi connectivity index (χ4v) is 5.52. The van der Waals surface area contributed by atoms with E-state index in [0.29, 0.717) is 0 Å². The summed E-state index contributed by atoms with van der Waals surface area (Å²) >= 11 is 0. The van der Waals surface area contributed by atoms with Crippen molar-refractivity contribution >= 4 is 8.80 Å². The van der Waals surface area contributed by atoms with Crippen LogP contribution in [0, 0.1) is 0 Å². The van der Waals surface area contributed by atoms with Crippen molar-refractivity contribution in [3.8, 4) is 0 Å². The third-order valence-corrected chi connectivity index (χ3v) is 7.25. The molecule has 0 aliphatic heterocycles. The van der Waals surface area contributed by atoms with Crippen molar-refractivity contribution in [3.63, 3.8) is 0 Å². The average molecular weight is 381 g/mol. The van der Waals surface area contributed by atoms with Crippen molar-refractivity contribution < 1.29 is 13.3 Å². The Morgan fingerprint density at radius 1 is 0.615 bits per heavy atom. The fourth-order valence-electron chi connectivity index (χ4n) is 2.86. The van der Waals surface area contributed by atoms with Gasteiger partial charge in [0.05, 0.1) is 0 Å². The Morgan fingerprint density at radius 2 is 1.04 bits per heavy atom. The Labute approximate surface area is 162 Å². The van der Waals surface area contributed by atoms with E-state index in [2.05, 4.69) is 51.1 Å². The van der Waals surface area contributed by atoms with Crippen LogP contribution in [-0.4, -0.2) is 28.6 Å². The van der Waals surface area contributed by atoms with Gasteiger partial charge in [0.25, 0.3) is 0 Å². The molecule has 0 aliphatic carbocycles. The van der Waals surface area contributed by atoms with E-state index in [1.54, 1.807) is 0 Å². The van der Waals surface area contributed by atoms with Crippen molar-refractivity contribution in [1.82, 2.24) is 0 Å². The third kappa shape index (κ3) is 10.5. The molecule has 1 aromatic rings. The first-order chi connectivity index (χ1) is 12.8. The highest BCUT2D eigenvalue weighted by atomic mass is 28.4. The van der Waals surface area contributed by atoms with Crippen LogP contribution in [0.25, 0.3) is 0 Å². The Balaban J connectivity index is 2.77. The van der Waals surface area contributed by atoms with E-state index >= 15 is 0 Å². The van der Waals surface area contributed by atoms with Crippen LogP contribution >= 0.6 is 0 Å². The number of unbranched alkanes of at least 4 members (excludes halogenated alkanes) is 6. The van der Waals surface area contributed by atoms with E-state index < -0.39 is 8.80 Å². The zero-order valence-corrected chi connectivity index (χ0v) is 18.3. The second kappa shape index (κ2) is 15.4. The average Bonchev–Trinajstić information content (AvgIpc) is 2.67. The normalized spacial score (nSPS) is 11.8. The number of benzene rings is 1. The van der Waals surface area contributed by atoms with E-state index in [1.165, 1.54) is 44.1 Å². The molecule has 0 amide bonds. The molecule has 3 nitrogen and oxygen atoms in total. The lowest BCUT2D eigenvalue weighted by Gasteiger charge is -2.30. The lowest BCUT2D eigenvalue weighted by atomic mass is 10.2. The minimum Gasteiger partial charge on any atom is -0.373 e. The summed E-state index contributed by atoms with van der Waals surface area (Å²) in [6, 6.07) is 11.3. The summed E-state index contributed by atoms with van der Waals surface area (Å²) in [7, 11) is -2.69. The summed E-state index contributed by atoms with van der Waals surface area (Å²) < 4.78 is 19.2. The Kier molecular flexibility index (Phi) is 13.8. The second-order valence-corrected chi connectivity index (χ2v) is 9.60. The van der Waals surface area contributed by atoms with Crippen LogP contribution < -0.4 is 0 Å². The number of hydrogen-bond acceptors (Lipinski definition) is 3. The molecule has 0 bridgehead atoms. The molecule has 0 unspecified atom stereocenters. The largest absolute Gasteiger partial charge is 0.505 e. The van der Waals surface area contributed by atoms with Gasteiger partial charge in [0.15, 0.2) is 0 Å². The lowest BCUT2D eigenvalue weighted by Crippen LogP contribution is -2.49. The molecule has 0 spiro atoms. The van der Waals surface area contributed by atoms with Gasteiger partial charge in [-0.3, -0.25) is 0 Å². The summed E-state index contributed by atoms with van der Waals surface area (Å²) in [4.78, 5) is 0. The number of rotatable bonds is 17. The SMILES string of the molecule is CCCCCO[Si](Cc1ccccc1)(OCCCCC)OCCCCC. The van der Waals surface area contributed by atoms with Gasteiger partial charge in [0, 0.05) is 25.9 Å². The van der Waals surface area contributed by atoms with Crippen LogP contribution in [-0.2, 0) is 19.3 Å². The van der Waals surface area contributed by atoms with Crippen molar-refractivity contribution in [2.75, 3.05) is 19.8 Å². The molecule has 26 heavy (non-hydrogen) atoms. The number of hydrogen-bond donors (Lipinski definition) is 0. The highest BCUT2D eigenvalue weighted by Gasteiger charge is 2.41. The highest BCUT2D eigenvalue weighted by molar-refractivity contribution is 6.60. The molecule has 0 aliphatic rings. The van der Waals surface area contributed by atoms with Gasteiger partial charge < -0.3 is 13.3 Å². The van der Waals surface area contributed by atoms with Gasteiger partial charge in [-0.15, -0.1) is 0 Å². The predicted molar refractivity (Wildman–Crippen MR) is 112 cm³/mol. The molecule has 0 saturated heterocycles. The van der Waals surface area contributed by atoms with Gasteiger partial charge in [0.1, 0.15) is 0 Å². The van der Waals surface area contributed by atoms with Crippen LogP contribution in [0.4, 0.5) is 0 Å². The molecule has 0 heterocycles. The first-order valence-corrected chi connectivity index (χ1v) is 12.6. The monoisotopic (exact) mass is 380 g/mol. The molecular weight excluding hydrogens is 340 g/mol. The van der Waals surface area contributed by atoms with Gasteiger partial charge in [0.2, 0.25) is 0 Å². The molecule has 0 radical (unpaired) electrons. The first-order valence-electron chi connectivity index (χ1n) is 10.7. The molecule has 4 heteroatoms. The zero-order valence-electron chi connectivity index (χ0n) is 17.3. The van der Waals surface area contributed by atoms with Crippen molar-refractivity contribution in [1.29, 1.82) is 0 Å². The third-order valence-electron chi connectivity index (χ3n) is 4.47. The minimum atomic E-state index is -2.69. The van der Waals surface area contributed by atoms with E-state index in [-0.39, 0.29) is 0 Å². The molecule has 150 valence electrons. The standard InChI is InChI=1S/C22H40O3Si/c1-4-7-13-18-23-26(24-19-14-8-5-2,25-20-15-9-6-3)21-22-16-11-10-12-17-22/h10-12,16-17H,4-9,13-15,18-21H2,1-3H3. The van der Waals surface area contributed by atoms with Crippen LogP contribution in [0.5, 0.6) is 0 Å². The maximum atomic E-state index is 6.39. The molecule has 0 saturated carbocycles. The van der Waals surface area contributed by atoms with Gasteiger partial charge in [-0.05, 0) is 24.8 Å². The zero-order chi connectivity index (χ0) is 18.9. The van der Waals surface area contributed by atoms with E-state index in [1.807, 2.05) is 0 Å². The summed E-state index contributed by atoms with van der Waals surface area (Å²) in [5.74, 6) is 0. The minimum absolute atomic E-state index is 0.744. The van der Waals surface area contributed by atoms with E-state index in [4.69, 9.17) is 13.3 Å². The van der Waals surface area contributed by atoms with Crippen LogP contribution in [0.1, 0.15) is 84.1 Å².